The normalized spacial score (nSPS) is 18.9. The number of hydrogen-bond donors (Lipinski definition) is 3. The predicted octanol–water partition coefficient (Wildman–Crippen LogP) is 4.72. The average Bonchev–Trinajstić information content (AvgIpc) is 2.72. The van der Waals surface area contributed by atoms with Gasteiger partial charge in [0, 0.05) is 35.1 Å². The van der Waals surface area contributed by atoms with Crippen LogP contribution in [0.5, 0.6) is 5.75 Å². The van der Waals surface area contributed by atoms with E-state index in [1.54, 1.807) is 48.7 Å². The molecule has 1 aliphatic carbocycles. The number of carbonyl (C=O) groups excluding carboxylic acids is 1. The van der Waals surface area contributed by atoms with E-state index in [-0.39, 0.29) is 17.8 Å². The van der Waals surface area contributed by atoms with E-state index in [0.29, 0.717) is 34.3 Å². The number of nitrogens with zero attached hydrogens (tertiary/aromatic N) is 2. The van der Waals surface area contributed by atoms with Crippen LogP contribution in [0.15, 0.2) is 47.5 Å². The third-order valence-electron chi connectivity index (χ3n) is 5.04. The molecule has 1 aliphatic rings. The molecule has 3 rings (SSSR count). The summed E-state index contributed by atoms with van der Waals surface area (Å²) < 4.78 is 0. The number of carbonyl (C=O) groups is 1. The molecule has 1 saturated carbocycles. The molecule has 0 heterocycles. The van der Waals surface area contributed by atoms with Crippen molar-refractivity contribution in [3.05, 3.63) is 58.6 Å². The number of benzene rings is 2. The Bertz CT molecular complexity index is 913. The number of nitrogens with one attached hydrogen (secondary N) is 2. The van der Waals surface area contributed by atoms with Crippen LogP contribution in [0.2, 0.25) is 5.02 Å². The van der Waals surface area contributed by atoms with Gasteiger partial charge in [0.05, 0.1) is 11.6 Å². The van der Waals surface area contributed by atoms with Crippen molar-refractivity contribution < 1.29 is 9.90 Å². The van der Waals surface area contributed by atoms with Crippen molar-refractivity contribution in [2.24, 2.45) is 10.9 Å². The van der Waals surface area contributed by atoms with Crippen LogP contribution in [0.1, 0.15) is 36.8 Å². The van der Waals surface area contributed by atoms with Gasteiger partial charge in [0.25, 0.3) is 0 Å². The van der Waals surface area contributed by atoms with Gasteiger partial charge in [-0.05, 0) is 74.1 Å². The summed E-state index contributed by atoms with van der Waals surface area (Å²) in [6.07, 6.45) is 5.45. The summed E-state index contributed by atoms with van der Waals surface area (Å²) in [5.41, 5.74) is 1.84. The fraction of sp³-hybridized carbons (Fsp3) is 0.318. The standard InChI is InChI=1S/C22H23ClN4O2/c23-18-5-10-21(28)17(11-18)14-25-13-16-3-8-20(9-4-16)27-22(29)26-19-6-1-15(12-24)2-7-19/h1-2,5-7,10-11,14,16,20,28H,3-4,8-9,13H2,(H2,26,27,29)/t16-,20+. The molecule has 3 N–H and O–H groups in total. The van der Waals surface area contributed by atoms with Crippen LogP contribution in [0.3, 0.4) is 0 Å². The Morgan fingerprint density at radius 2 is 1.93 bits per heavy atom. The molecule has 2 amide bonds. The number of urea groups is 1. The van der Waals surface area contributed by atoms with Crippen molar-refractivity contribution in [3.63, 3.8) is 0 Å². The van der Waals surface area contributed by atoms with Crippen LogP contribution in [0.25, 0.3) is 0 Å². The molecule has 7 heteroatoms. The summed E-state index contributed by atoms with van der Waals surface area (Å²) >= 11 is 5.94. The van der Waals surface area contributed by atoms with Gasteiger partial charge < -0.3 is 15.7 Å². The number of halogens is 1. The van der Waals surface area contributed by atoms with E-state index in [1.807, 2.05) is 6.07 Å². The summed E-state index contributed by atoms with van der Waals surface area (Å²) in [6.45, 7) is 0.691. The summed E-state index contributed by atoms with van der Waals surface area (Å²) in [6, 6.07) is 13.6. The number of amides is 2. The number of nitriles is 1. The number of hydrogen-bond acceptors (Lipinski definition) is 4. The highest BCUT2D eigenvalue weighted by molar-refractivity contribution is 6.30. The van der Waals surface area contributed by atoms with Crippen LogP contribution in [-0.4, -0.2) is 29.9 Å². The maximum Gasteiger partial charge on any atom is 0.319 e. The summed E-state index contributed by atoms with van der Waals surface area (Å²) in [5.74, 6) is 0.631. The Morgan fingerprint density at radius 3 is 2.62 bits per heavy atom. The van der Waals surface area contributed by atoms with E-state index < -0.39 is 0 Å². The molecule has 0 spiro atoms. The number of rotatable bonds is 5. The minimum absolute atomic E-state index is 0.144. The van der Waals surface area contributed by atoms with Gasteiger partial charge in [0.2, 0.25) is 0 Å². The van der Waals surface area contributed by atoms with Crippen molar-refractivity contribution >= 4 is 29.5 Å². The fourth-order valence-corrected chi connectivity index (χ4v) is 3.58. The van der Waals surface area contributed by atoms with Crippen LogP contribution in [0.4, 0.5) is 10.5 Å². The number of anilines is 1. The second kappa shape index (κ2) is 9.94. The molecule has 0 aromatic heterocycles. The summed E-state index contributed by atoms with van der Waals surface area (Å²) in [7, 11) is 0. The van der Waals surface area contributed by atoms with Crippen LogP contribution in [-0.2, 0) is 0 Å². The SMILES string of the molecule is N#Cc1ccc(NC(=O)N[C@H]2CC[C@@H](CN=Cc3cc(Cl)ccc3O)CC2)cc1. The lowest BCUT2D eigenvalue weighted by Crippen LogP contribution is -2.40. The Kier molecular flexibility index (Phi) is 7.09. The molecule has 0 atom stereocenters. The van der Waals surface area contributed by atoms with Crippen LogP contribution >= 0.6 is 11.6 Å². The fourth-order valence-electron chi connectivity index (χ4n) is 3.40. The lowest BCUT2D eigenvalue weighted by Gasteiger charge is -2.28. The monoisotopic (exact) mass is 410 g/mol. The topological polar surface area (TPSA) is 97.5 Å². The molecule has 2 aromatic rings. The van der Waals surface area contributed by atoms with Gasteiger partial charge in [-0.3, -0.25) is 4.99 Å². The third kappa shape index (κ3) is 6.23. The molecule has 6 nitrogen and oxygen atoms in total. The molecular formula is C22H23ClN4O2. The van der Waals surface area contributed by atoms with Crippen molar-refractivity contribution in [2.45, 2.75) is 31.7 Å². The molecule has 1 fully saturated rings. The van der Waals surface area contributed by atoms with Crippen molar-refractivity contribution in [2.75, 3.05) is 11.9 Å². The molecule has 0 bridgehead atoms. The second-order valence-corrected chi connectivity index (χ2v) is 7.64. The number of aliphatic imine (C=N–C) groups is 1. The molecule has 150 valence electrons. The minimum atomic E-state index is -0.229. The van der Waals surface area contributed by atoms with Gasteiger partial charge in [-0.1, -0.05) is 11.6 Å². The van der Waals surface area contributed by atoms with Crippen molar-refractivity contribution in [1.82, 2.24) is 5.32 Å². The molecule has 2 aromatic carbocycles. The zero-order valence-electron chi connectivity index (χ0n) is 15.9. The lowest BCUT2D eigenvalue weighted by molar-refractivity contribution is 0.238. The smallest absolute Gasteiger partial charge is 0.319 e. The van der Waals surface area contributed by atoms with E-state index in [2.05, 4.69) is 15.6 Å². The van der Waals surface area contributed by atoms with Crippen molar-refractivity contribution in [1.29, 1.82) is 5.26 Å². The number of phenolic OH excluding ortho intramolecular Hbond substituents is 1. The summed E-state index contributed by atoms with van der Waals surface area (Å²) in [5, 5.41) is 25.0. The Hall–Kier alpha value is -3.04. The Balaban J connectivity index is 1.40. The number of phenols is 1. The first kappa shape index (κ1) is 20.7. The molecule has 0 saturated heterocycles. The minimum Gasteiger partial charge on any atom is -0.507 e. The largest absolute Gasteiger partial charge is 0.507 e. The quantitative estimate of drug-likeness (QED) is 0.622. The van der Waals surface area contributed by atoms with E-state index >= 15 is 0 Å². The zero-order chi connectivity index (χ0) is 20.6. The highest BCUT2D eigenvalue weighted by Gasteiger charge is 2.22. The van der Waals surface area contributed by atoms with Gasteiger partial charge in [-0.25, -0.2) is 4.79 Å². The van der Waals surface area contributed by atoms with Gasteiger partial charge in [-0.2, -0.15) is 5.26 Å². The predicted molar refractivity (Wildman–Crippen MR) is 115 cm³/mol. The Morgan fingerprint density at radius 1 is 1.21 bits per heavy atom. The maximum absolute atomic E-state index is 12.2. The molecule has 0 radical (unpaired) electrons. The highest BCUT2D eigenvalue weighted by atomic mass is 35.5. The van der Waals surface area contributed by atoms with E-state index in [1.165, 1.54) is 0 Å². The van der Waals surface area contributed by atoms with Gasteiger partial charge in [0.15, 0.2) is 0 Å². The molecular weight excluding hydrogens is 388 g/mol. The average molecular weight is 411 g/mol. The van der Waals surface area contributed by atoms with E-state index in [9.17, 15) is 9.90 Å². The molecule has 0 aliphatic heterocycles. The highest BCUT2D eigenvalue weighted by Crippen LogP contribution is 2.25. The van der Waals surface area contributed by atoms with E-state index in [0.717, 1.165) is 25.7 Å². The Labute approximate surface area is 175 Å². The van der Waals surface area contributed by atoms with E-state index in [4.69, 9.17) is 16.9 Å². The van der Waals surface area contributed by atoms with Crippen LogP contribution < -0.4 is 10.6 Å². The third-order valence-corrected chi connectivity index (χ3v) is 5.27. The van der Waals surface area contributed by atoms with Gasteiger partial charge in [-0.15, -0.1) is 0 Å². The number of aromatic hydroxyl groups is 1. The lowest BCUT2D eigenvalue weighted by atomic mass is 9.86. The molecule has 29 heavy (non-hydrogen) atoms. The maximum atomic E-state index is 12.2. The van der Waals surface area contributed by atoms with Gasteiger partial charge >= 0.3 is 6.03 Å². The second-order valence-electron chi connectivity index (χ2n) is 7.20. The van der Waals surface area contributed by atoms with Crippen LogP contribution in [0, 0.1) is 17.2 Å². The first-order valence-corrected chi connectivity index (χ1v) is 9.97. The van der Waals surface area contributed by atoms with Crippen molar-refractivity contribution in [3.8, 4) is 11.8 Å². The van der Waals surface area contributed by atoms with Gasteiger partial charge in [0.1, 0.15) is 5.75 Å². The zero-order valence-corrected chi connectivity index (χ0v) is 16.7. The molecule has 0 unspecified atom stereocenters. The first-order chi connectivity index (χ1) is 14.0. The summed E-state index contributed by atoms with van der Waals surface area (Å²) in [4.78, 5) is 16.6. The first-order valence-electron chi connectivity index (χ1n) is 9.59.